The lowest BCUT2D eigenvalue weighted by molar-refractivity contribution is 0.0909. The van der Waals surface area contributed by atoms with Gasteiger partial charge < -0.3 is 9.84 Å². The summed E-state index contributed by atoms with van der Waals surface area (Å²) in [6.07, 6.45) is 1.01. The Kier molecular flexibility index (Phi) is 1.77. The van der Waals surface area contributed by atoms with Gasteiger partial charge >= 0.3 is 0 Å². The Morgan fingerprint density at radius 2 is 2.19 bits per heavy atom. The van der Waals surface area contributed by atoms with Crippen molar-refractivity contribution in [2.75, 3.05) is 6.26 Å². The van der Waals surface area contributed by atoms with Crippen molar-refractivity contribution < 1.29 is 19.4 Å². The lowest BCUT2D eigenvalue weighted by atomic mass is 9.88. The summed E-state index contributed by atoms with van der Waals surface area (Å²) in [5.41, 5.74) is 0.354. The Morgan fingerprint density at radius 1 is 1.44 bits per heavy atom. The van der Waals surface area contributed by atoms with Crippen LogP contribution in [0.2, 0.25) is 0 Å². The van der Waals surface area contributed by atoms with Crippen LogP contribution in [0, 0.1) is 0 Å². The zero-order valence-corrected chi connectivity index (χ0v) is 9.21. The molecule has 0 radical (unpaired) electrons. The summed E-state index contributed by atoms with van der Waals surface area (Å²) in [5, 5.41) is 9.60. The van der Waals surface area contributed by atoms with E-state index in [1.54, 1.807) is 18.4 Å². The fraction of sp³-hybridized carbons (Fsp3) is 0.273. The number of Topliss-reactive ketones (excluding diaryl/α,β-unsaturated/α-hetero) is 2. The number of ether oxygens (including phenoxy) is 1. The van der Waals surface area contributed by atoms with Gasteiger partial charge in [-0.3, -0.25) is 9.59 Å². The molecular formula is C11H8O4S. The van der Waals surface area contributed by atoms with E-state index in [-0.39, 0.29) is 28.4 Å². The zero-order chi connectivity index (χ0) is 11.5. The van der Waals surface area contributed by atoms with E-state index in [1.165, 1.54) is 17.8 Å². The van der Waals surface area contributed by atoms with Crippen LogP contribution in [0.5, 0.6) is 5.75 Å². The Hall–Kier alpha value is -1.33. The third-order valence-corrected chi connectivity index (χ3v) is 4.07. The first-order valence-electron chi connectivity index (χ1n) is 4.76. The van der Waals surface area contributed by atoms with Crippen molar-refractivity contribution in [3.63, 3.8) is 0 Å². The molecule has 5 heteroatoms. The van der Waals surface area contributed by atoms with Crippen LogP contribution in [-0.4, -0.2) is 34.0 Å². The molecule has 1 fully saturated rings. The van der Waals surface area contributed by atoms with Gasteiger partial charge in [0.25, 0.3) is 0 Å². The summed E-state index contributed by atoms with van der Waals surface area (Å²) in [4.78, 5) is 23.0. The SMILES string of the molecule is CSC12OC1C(=O)c1c(O)cccc1C2=O. The standard InChI is InChI=1S/C11H8O4S/c1-16-11-9(14)5-3-2-4-6(12)7(5)8(13)10(11)15-11/h2-4,10,12H,1H3. The molecule has 0 amide bonds. The normalized spacial score (nSPS) is 30.9. The Morgan fingerprint density at radius 3 is 2.88 bits per heavy atom. The molecule has 0 bridgehead atoms. The highest BCUT2D eigenvalue weighted by Crippen LogP contribution is 2.53. The third-order valence-electron chi connectivity index (χ3n) is 2.97. The van der Waals surface area contributed by atoms with Gasteiger partial charge in [0, 0.05) is 5.56 Å². The minimum atomic E-state index is -1.03. The van der Waals surface area contributed by atoms with Gasteiger partial charge in [-0.2, -0.15) is 0 Å². The second kappa shape index (κ2) is 2.87. The second-order valence-corrected chi connectivity index (χ2v) is 4.78. The molecule has 16 heavy (non-hydrogen) atoms. The van der Waals surface area contributed by atoms with E-state index in [1.807, 2.05) is 0 Å². The van der Waals surface area contributed by atoms with Crippen LogP contribution in [0.1, 0.15) is 20.7 Å². The largest absolute Gasteiger partial charge is 0.507 e. The first kappa shape index (κ1) is 9.86. The molecule has 2 aliphatic rings. The molecule has 2 atom stereocenters. The van der Waals surface area contributed by atoms with Crippen molar-refractivity contribution >= 4 is 23.3 Å². The number of ketones is 2. The average molecular weight is 236 g/mol. The molecule has 4 nitrogen and oxygen atoms in total. The predicted octanol–water partition coefficient (Wildman–Crippen LogP) is 1.23. The number of hydrogen-bond acceptors (Lipinski definition) is 5. The molecule has 1 heterocycles. The maximum absolute atomic E-state index is 12.1. The summed E-state index contributed by atoms with van der Waals surface area (Å²) in [7, 11) is 0. The van der Waals surface area contributed by atoms with Crippen LogP contribution < -0.4 is 0 Å². The molecule has 82 valence electrons. The van der Waals surface area contributed by atoms with Gasteiger partial charge in [0.15, 0.2) is 6.10 Å². The smallest absolute Gasteiger partial charge is 0.211 e. The van der Waals surface area contributed by atoms with Gasteiger partial charge in [-0.15, -0.1) is 11.8 Å². The molecule has 1 saturated heterocycles. The molecule has 0 spiro atoms. The van der Waals surface area contributed by atoms with Crippen LogP contribution in [0.4, 0.5) is 0 Å². The fourth-order valence-corrected chi connectivity index (χ4v) is 2.90. The van der Waals surface area contributed by atoms with E-state index in [2.05, 4.69) is 0 Å². The number of thioether (sulfide) groups is 1. The first-order chi connectivity index (χ1) is 7.62. The maximum atomic E-state index is 12.1. The Labute approximate surface area is 95.6 Å². The maximum Gasteiger partial charge on any atom is 0.211 e. The molecule has 0 saturated carbocycles. The number of carbonyl (C=O) groups is 2. The van der Waals surface area contributed by atoms with Crippen molar-refractivity contribution in [2.24, 2.45) is 0 Å². The lowest BCUT2D eigenvalue weighted by Gasteiger charge is -2.17. The van der Waals surface area contributed by atoms with Gasteiger partial charge in [0.1, 0.15) is 5.75 Å². The molecule has 2 unspecified atom stereocenters. The van der Waals surface area contributed by atoms with E-state index in [4.69, 9.17) is 4.74 Å². The number of phenols is 1. The third kappa shape index (κ3) is 0.948. The number of fused-ring (bicyclic) bond motifs is 2. The van der Waals surface area contributed by atoms with Gasteiger partial charge in [0.2, 0.25) is 16.5 Å². The molecule has 1 N–H and O–H groups in total. The van der Waals surface area contributed by atoms with E-state index in [9.17, 15) is 14.7 Å². The number of epoxide rings is 1. The minimum Gasteiger partial charge on any atom is -0.507 e. The number of phenolic OH excluding ortho intramolecular Hbond substituents is 1. The van der Waals surface area contributed by atoms with Gasteiger partial charge in [-0.1, -0.05) is 12.1 Å². The summed E-state index contributed by atoms with van der Waals surface area (Å²) < 4.78 is 5.23. The molecule has 1 aliphatic carbocycles. The number of hydrogen-bond donors (Lipinski definition) is 1. The number of rotatable bonds is 1. The molecule has 1 aromatic rings. The van der Waals surface area contributed by atoms with Crippen molar-refractivity contribution in [2.45, 2.75) is 11.0 Å². The molecule has 1 aromatic carbocycles. The van der Waals surface area contributed by atoms with E-state index in [0.29, 0.717) is 0 Å². The van der Waals surface area contributed by atoms with Crippen molar-refractivity contribution in [3.8, 4) is 5.75 Å². The van der Waals surface area contributed by atoms with Gasteiger partial charge in [-0.25, -0.2) is 0 Å². The quantitative estimate of drug-likeness (QED) is 0.743. The summed E-state index contributed by atoms with van der Waals surface area (Å²) in [6.45, 7) is 0. The predicted molar refractivity (Wildman–Crippen MR) is 57.9 cm³/mol. The van der Waals surface area contributed by atoms with Crippen molar-refractivity contribution in [1.82, 2.24) is 0 Å². The number of benzene rings is 1. The van der Waals surface area contributed by atoms with Crippen molar-refractivity contribution in [3.05, 3.63) is 29.3 Å². The highest BCUT2D eigenvalue weighted by Gasteiger charge is 2.69. The first-order valence-corrected chi connectivity index (χ1v) is 5.98. The van der Waals surface area contributed by atoms with Crippen molar-refractivity contribution in [1.29, 1.82) is 0 Å². The van der Waals surface area contributed by atoms with Gasteiger partial charge in [-0.05, 0) is 12.3 Å². The molecular weight excluding hydrogens is 228 g/mol. The second-order valence-electron chi connectivity index (χ2n) is 3.76. The highest BCUT2D eigenvalue weighted by atomic mass is 32.2. The van der Waals surface area contributed by atoms with Crippen LogP contribution in [0.3, 0.4) is 0 Å². The summed E-state index contributed by atoms with van der Waals surface area (Å²) >= 11 is 1.23. The summed E-state index contributed by atoms with van der Waals surface area (Å²) in [6, 6.07) is 4.50. The zero-order valence-electron chi connectivity index (χ0n) is 8.39. The minimum absolute atomic E-state index is 0.0969. The Balaban J connectivity index is 2.25. The molecule has 3 rings (SSSR count). The topological polar surface area (TPSA) is 66.9 Å². The number of carbonyl (C=O) groups excluding carboxylic acids is 2. The molecule has 1 aliphatic heterocycles. The number of aromatic hydroxyl groups is 1. The van der Waals surface area contributed by atoms with E-state index in [0.717, 1.165) is 0 Å². The highest BCUT2D eigenvalue weighted by molar-refractivity contribution is 8.01. The van der Waals surface area contributed by atoms with E-state index >= 15 is 0 Å². The van der Waals surface area contributed by atoms with Crippen LogP contribution in [0.15, 0.2) is 18.2 Å². The molecule has 0 aromatic heterocycles. The van der Waals surface area contributed by atoms with Crippen LogP contribution in [0.25, 0.3) is 0 Å². The summed E-state index contributed by atoms with van der Waals surface area (Å²) in [5.74, 6) is -0.682. The average Bonchev–Trinajstić information content (AvgIpc) is 3.02. The Bertz CT molecular complexity index is 525. The van der Waals surface area contributed by atoms with Crippen LogP contribution in [-0.2, 0) is 4.74 Å². The monoisotopic (exact) mass is 236 g/mol. The van der Waals surface area contributed by atoms with E-state index < -0.39 is 11.0 Å². The lowest BCUT2D eigenvalue weighted by Crippen LogP contribution is -2.34. The van der Waals surface area contributed by atoms with Crippen LogP contribution >= 0.6 is 11.8 Å². The fourth-order valence-electron chi connectivity index (χ4n) is 2.09. The van der Waals surface area contributed by atoms with Gasteiger partial charge in [0.05, 0.1) is 5.56 Å².